The molecule has 2 heterocycles. The summed E-state index contributed by atoms with van der Waals surface area (Å²) in [4.78, 5) is 2.35. The molecule has 3 nitrogen and oxygen atoms in total. The number of para-hydroxylation sites is 3. The highest BCUT2D eigenvalue weighted by Gasteiger charge is 2.17. The number of hydrogen-bond acceptors (Lipinski definition) is 3. The van der Waals surface area contributed by atoms with Gasteiger partial charge in [-0.25, -0.2) is 0 Å². The standard InChI is InChI=1S/C44H27NO2/c1-2-9-31(10-3-1)45(32-21-17-28(18-22-32)29-20-24-43-38(25-29)35-11-4-6-15-41(35)46-43)40-14-8-13-33-34(40)23-19-30-26-39-36-12-5-7-16-42(36)47-44(39)27-37(30)33/h1-27H. The van der Waals surface area contributed by atoms with Crippen molar-refractivity contribution >= 4 is 82.5 Å². The number of hydrogen-bond donors (Lipinski definition) is 0. The van der Waals surface area contributed by atoms with Gasteiger partial charge in [-0.05, 0) is 94.0 Å². The van der Waals surface area contributed by atoms with Gasteiger partial charge in [0, 0.05) is 38.3 Å². The Labute approximate surface area is 270 Å². The summed E-state index contributed by atoms with van der Waals surface area (Å²) < 4.78 is 12.4. The predicted molar refractivity (Wildman–Crippen MR) is 196 cm³/mol. The number of fused-ring (bicyclic) bond motifs is 9. The number of nitrogens with zero attached hydrogens (tertiary/aromatic N) is 1. The molecule has 0 spiro atoms. The molecule has 220 valence electrons. The Morgan fingerprint density at radius 2 is 0.936 bits per heavy atom. The minimum absolute atomic E-state index is 0.909. The lowest BCUT2D eigenvalue weighted by atomic mass is 9.98. The fraction of sp³-hybridized carbons (Fsp3) is 0. The van der Waals surface area contributed by atoms with Gasteiger partial charge in [0.15, 0.2) is 0 Å². The maximum absolute atomic E-state index is 6.30. The summed E-state index contributed by atoms with van der Waals surface area (Å²) in [6, 6.07) is 58.0. The molecule has 0 atom stereocenters. The van der Waals surface area contributed by atoms with Crippen LogP contribution in [-0.4, -0.2) is 0 Å². The van der Waals surface area contributed by atoms with Crippen LogP contribution in [0.5, 0.6) is 0 Å². The van der Waals surface area contributed by atoms with E-state index < -0.39 is 0 Å². The number of furan rings is 2. The van der Waals surface area contributed by atoms with Crippen molar-refractivity contribution in [3.63, 3.8) is 0 Å². The summed E-state index contributed by atoms with van der Waals surface area (Å²) in [5.41, 5.74) is 9.29. The predicted octanol–water partition coefficient (Wildman–Crippen LogP) is 12.9. The van der Waals surface area contributed by atoms with E-state index in [1.54, 1.807) is 0 Å². The second-order valence-corrected chi connectivity index (χ2v) is 12.1. The molecule has 2 aromatic heterocycles. The summed E-state index contributed by atoms with van der Waals surface area (Å²) in [6.45, 7) is 0. The zero-order chi connectivity index (χ0) is 30.9. The molecule has 0 amide bonds. The second kappa shape index (κ2) is 10.1. The van der Waals surface area contributed by atoms with Crippen LogP contribution >= 0.6 is 0 Å². The first-order valence-electron chi connectivity index (χ1n) is 15.9. The van der Waals surface area contributed by atoms with Crippen molar-refractivity contribution in [2.75, 3.05) is 4.90 Å². The van der Waals surface area contributed by atoms with Gasteiger partial charge in [-0.2, -0.15) is 0 Å². The minimum Gasteiger partial charge on any atom is -0.456 e. The smallest absolute Gasteiger partial charge is 0.136 e. The van der Waals surface area contributed by atoms with E-state index in [0.29, 0.717) is 0 Å². The number of benzene rings is 8. The molecule has 0 unspecified atom stereocenters. The first-order chi connectivity index (χ1) is 23.3. The topological polar surface area (TPSA) is 29.5 Å². The molecule has 0 saturated heterocycles. The van der Waals surface area contributed by atoms with E-state index in [1.165, 1.54) is 21.5 Å². The zero-order valence-electron chi connectivity index (χ0n) is 25.4. The summed E-state index contributed by atoms with van der Waals surface area (Å²) in [5.74, 6) is 0. The molecule has 0 bridgehead atoms. The van der Waals surface area contributed by atoms with E-state index in [-0.39, 0.29) is 0 Å². The maximum atomic E-state index is 6.30. The average molecular weight is 602 g/mol. The molecule has 10 aromatic rings. The van der Waals surface area contributed by atoms with Crippen LogP contribution in [0.1, 0.15) is 0 Å². The van der Waals surface area contributed by atoms with Gasteiger partial charge < -0.3 is 13.7 Å². The van der Waals surface area contributed by atoms with Crippen LogP contribution < -0.4 is 4.90 Å². The van der Waals surface area contributed by atoms with Gasteiger partial charge in [0.05, 0.1) is 5.69 Å². The molecule has 47 heavy (non-hydrogen) atoms. The van der Waals surface area contributed by atoms with E-state index >= 15 is 0 Å². The molecule has 0 saturated carbocycles. The highest BCUT2D eigenvalue weighted by molar-refractivity contribution is 6.18. The largest absolute Gasteiger partial charge is 0.456 e. The summed E-state index contributed by atoms with van der Waals surface area (Å²) in [6.07, 6.45) is 0. The van der Waals surface area contributed by atoms with Crippen molar-refractivity contribution in [2.24, 2.45) is 0 Å². The number of rotatable bonds is 4. The summed E-state index contributed by atoms with van der Waals surface area (Å²) in [5, 5.41) is 9.33. The zero-order valence-corrected chi connectivity index (χ0v) is 25.4. The van der Waals surface area contributed by atoms with Gasteiger partial charge in [-0.1, -0.05) is 97.1 Å². The Morgan fingerprint density at radius 3 is 1.72 bits per heavy atom. The van der Waals surface area contributed by atoms with Gasteiger partial charge in [-0.15, -0.1) is 0 Å². The lowest BCUT2D eigenvalue weighted by Gasteiger charge is -2.27. The van der Waals surface area contributed by atoms with Crippen LogP contribution in [0.2, 0.25) is 0 Å². The molecule has 0 radical (unpaired) electrons. The van der Waals surface area contributed by atoms with Gasteiger partial charge in [0.1, 0.15) is 22.3 Å². The first kappa shape index (κ1) is 26.0. The molecule has 0 aliphatic carbocycles. The molecule has 3 heteroatoms. The molecule has 0 fully saturated rings. The maximum Gasteiger partial charge on any atom is 0.136 e. The Hall–Kier alpha value is -6.32. The fourth-order valence-electron chi connectivity index (χ4n) is 7.20. The SMILES string of the molecule is c1ccc(N(c2ccc(-c3ccc4oc5ccccc5c4c3)cc2)c2cccc3c2ccc2cc4c(cc23)oc2ccccc24)cc1. The van der Waals surface area contributed by atoms with Gasteiger partial charge >= 0.3 is 0 Å². The van der Waals surface area contributed by atoms with Crippen molar-refractivity contribution in [3.05, 3.63) is 164 Å². The highest BCUT2D eigenvalue weighted by atomic mass is 16.3. The molecule has 0 N–H and O–H groups in total. The Balaban J connectivity index is 1.12. The van der Waals surface area contributed by atoms with Crippen LogP contribution in [0, 0.1) is 0 Å². The van der Waals surface area contributed by atoms with E-state index in [2.05, 4.69) is 144 Å². The van der Waals surface area contributed by atoms with E-state index in [9.17, 15) is 0 Å². The van der Waals surface area contributed by atoms with Gasteiger partial charge in [-0.3, -0.25) is 0 Å². The van der Waals surface area contributed by atoms with Crippen LogP contribution in [0.4, 0.5) is 17.1 Å². The van der Waals surface area contributed by atoms with Crippen LogP contribution in [-0.2, 0) is 0 Å². The third-order valence-corrected chi connectivity index (χ3v) is 9.44. The van der Waals surface area contributed by atoms with Crippen LogP contribution in [0.15, 0.2) is 173 Å². The van der Waals surface area contributed by atoms with Crippen molar-refractivity contribution in [1.29, 1.82) is 0 Å². The second-order valence-electron chi connectivity index (χ2n) is 12.1. The monoisotopic (exact) mass is 601 g/mol. The molecular formula is C44H27NO2. The van der Waals surface area contributed by atoms with E-state index in [4.69, 9.17) is 8.83 Å². The first-order valence-corrected chi connectivity index (χ1v) is 15.9. The third-order valence-electron chi connectivity index (χ3n) is 9.44. The lowest BCUT2D eigenvalue weighted by molar-refractivity contribution is 0.669. The summed E-state index contributed by atoms with van der Waals surface area (Å²) >= 11 is 0. The molecule has 0 aliphatic rings. The van der Waals surface area contributed by atoms with E-state index in [1.807, 2.05) is 24.3 Å². The van der Waals surface area contributed by atoms with Crippen LogP contribution in [0.3, 0.4) is 0 Å². The normalized spacial score (nSPS) is 11.8. The third kappa shape index (κ3) is 4.07. The van der Waals surface area contributed by atoms with Crippen molar-refractivity contribution in [3.8, 4) is 11.1 Å². The quantitative estimate of drug-likeness (QED) is 0.188. The lowest BCUT2D eigenvalue weighted by Crippen LogP contribution is -2.10. The van der Waals surface area contributed by atoms with Crippen LogP contribution in [0.25, 0.3) is 76.5 Å². The Bertz CT molecular complexity index is 2790. The van der Waals surface area contributed by atoms with Gasteiger partial charge in [0.25, 0.3) is 0 Å². The van der Waals surface area contributed by atoms with Gasteiger partial charge in [0.2, 0.25) is 0 Å². The average Bonchev–Trinajstić information content (AvgIpc) is 3.69. The number of anilines is 3. The Morgan fingerprint density at radius 1 is 0.319 bits per heavy atom. The molecule has 8 aromatic carbocycles. The molecule has 10 rings (SSSR count). The molecule has 0 aliphatic heterocycles. The minimum atomic E-state index is 0.909. The summed E-state index contributed by atoms with van der Waals surface area (Å²) in [7, 11) is 0. The van der Waals surface area contributed by atoms with Crippen molar-refractivity contribution < 1.29 is 8.83 Å². The van der Waals surface area contributed by atoms with Crippen molar-refractivity contribution in [1.82, 2.24) is 0 Å². The highest BCUT2D eigenvalue weighted by Crippen LogP contribution is 2.42. The molecular weight excluding hydrogens is 574 g/mol. The van der Waals surface area contributed by atoms with Crippen molar-refractivity contribution in [2.45, 2.75) is 0 Å². The van der Waals surface area contributed by atoms with E-state index in [0.717, 1.165) is 72.1 Å². The fourth-order valence-corrected chi connectivity index (χ4v) is 7.20. The Kier molecular flexibility index (Phi) is 5.57.